The molecular formula is C33H27ClN4O. The fourth-order valence-electron chi connectivity index (χ4n) is 5.50. The molecule has 0 aliphatic rings. The number of nitrogens with two attached hydrogens (primary N) is 1. The molecule has 6 heteroatoms. The number of fused-ring (bicyclic) bond motifs is 1. The topological polar surface area (TPSA) is 65.8 Å². The van der Waals surface area contributed by atoms with Crippen molar-refractivity contribution < 1.29 is 0 Å². The highest BCUT2D eigenvalue weighted by molar-refractivity contribution is 6.33. The average molecular weight is 531 g/mol. The number of rotatable bonds is 6. The van der Waals surface area contributed by atoms with Gasteiger partial charge < -0.3 is 14.9 Å². The van der Waals surface area contributed by atoms with Gasteiger partial charge in [0.1, 0.15) is 5.54 Å². The van der Waals surface area contributed by atoms with Gasteiger partial charge in [0.15, 0.2) is 0 Å². The normalized spacial score (nSPS) is 11.6. The molecule has 0 fully saturated rings. The van der Waals surface area contributed by atoms with Crippen molar-refractivity contribution in [3.05, 3.63) is 165 Å². The van der Waals surface area contributed by atoms with Gasteiger partial charge in [-0.05, 0) is 47.2 Å². The van der Waals surface area contributed by atoms with Crippen LogP contribution in [0, 0.1) is 6.92 Å². The van der Waals surface area contributed by atoms with Crippen LogP contribution < -0.4 is 11.3 Å². The molecule has 39 heavy (non-hydrogen) atoms. The number of imidazole rings is 1. The van der Waals surface area contributed by atoms with Crippen molar-refractivity contribution in [1.82, 2.24) is 14.1 Å². The van der Waals surface area contributed by atoms with Gasteiger partial charge in [-0.15, -0.1) is 0 Å². The molecular weight excluding hydrogens is 504 g/mol. The number of pyridine rings is 1. The Morgan fingerprint density at radius 1 is 0.821 bits per heavy atom. The van der Waals surface area contributed by atoms with Crippen LogP contribution in [0.15, 0.2) is 127 Å². The smallest absolute Gasteiger partial charge is 0.258 e. The molecule has 0 saturated carbocycles. The molecule has 0 bridgehead atoms. The number of nitrogens with zero attached hydrogens (tertiary/aromatic N) is 3. The van der Waals surface area contributed by atoms with Crippen molar-refractivity contribution >= 4 is 28.1 Å². The van der Waals surface area contributed by atoms with E-state index in [1.54, 1.807) is 22.9 Å². The van der Waals surface area contributed by atoms with Crippen LogP contribution in [0.3, 0.4) is 0 Å². The number of aromatic nitrogens is 3. The first-order valence-electron chi connectivity index (χ1n) is 12.8. The van der Waals surface area contributed by atoms with Gasteiger partial charge in [-0.25, -0.2) is 4.98 Å². The van der Waals surface area contributed by atoms with E-state index in [0.717, 1.165) is 33.5 Å². The number of hydrogen-bond acceptors (Lipinski definition) is 3. The Morgan fingerprint density at radius 2 is 1.36 bits per heavy atom. The van der Waals surface area contributed by atoms with E-state index < -0.39 is 5.54 Å². The third-order valence-corrected chi connectivity index (χ3v) is 7.79. The van der Waals surface area contributed by atoms with Gasteiger partial charge >= 0.3 is 0 Å². The zero-order valence-corrected chi connectivity index (χ0v) is 22.2. The Morgan fingerprint density at radius 3 is 1.90 bits per heavy atom. The van der Waals surface area contributed by atoms with Crippen molar-refractivity contribution in [2.24, 2.45) is 0 Å². The lowest BCUT2D eigenvalue weighted by molar-refractivity contribution is 0.502. The van der Waals surface area contributed by atoms with Gasteiger partial charge in [-0.1, -0.05) is 103 Å². The SMILES string of the molecule is Cc1c(Cn2ccc3cc(N)c(Cl)cc3c2=O)ncn1C(c1ccccc1)(c1ccccc1)c1ccccc1. The van der Waals surface area contributed by atoms with Crippen molar-refractivity contribution in [1.29, 1.82) is 0 Å². The highest BCUT2D eigenvalue weighted by Gasteiger charge is 2.39. The van der Waals surface area contributed by atoms with Crippen molar-refractivity contribution in [2.45, 2.75) is 19.0 Å². The van der Waals surface area contributed by atoms with E-state index in [1.807, 2.05) is 30.6 Å². The minimum atomic E-state index is -0.668. The average Bonchev–Trinajstić information content (AvgIpc) is 3.33. The fourth-order valence-corrected chi connectivity index (χ4v) is 5.67. The molecule has 6 aromatic rings. The molecule has 0 radical (unpaired) electrons. The molecule has 0 aliphatic carbocycles. The zero-order chi connectivity index (χ0) is 27.0. The molecule has 2 heterocycles. The van der Waals surface area contributed by atoms with Crippen molar-refractivity contribution in [3.63, 3.8) is 0 Å². The lowest BCUT2D eigenvalue weighted by atomic mass is 9.76. The molecule has 0 aliphatic heterocycles. The van der Waals surface area contributed by atoms with Gasteiger partial charge in [0, 0.05) is 17.3 Å². The Bertz CT molecular complexity index is 1730. The maximum absolute atomic E-state index is 13.4. The van der Waals surface area contributed by atoms with E-state index in [1.165, 1.54) is 0 Å². The predicted molar refractivity (Wildman–Crippen MR) is 158 cm³/mol. The van der Waals surface area contributed by atoms with Gasteiger partial charge in [0.25, 0.3) is 5.56 Å². The summed E-state index contributed by atoms with van der Waals surface area (Å²) >= 11 is 6.24. The van der Waals surface area contributed by atoms with E-state index in [2.05, 4.69) is 84.3 Å². The Labute approximate surface area is 231 Å². The van der Waals surface area contributed by atoms with E-state index in [9.17, 15) is 4.79 Å². The van der Waals surface area contributed by atoms with Crippen LogP contribution in [-0.2, 0) is 12.1 Å². The zero-order valence-electron chi connectivity index (χ0n) is 21.5. The number of halogens is 1. The quantitative estimate of drug-likeness (QED) is 0.194. The first kappa shape index (κ1) is 24.7. The second-order valence-corrected chi connectivity index (χ2v) is 10.1. The molecule has 2 N–H and O–H groups in total. The molecule has 192 valence electrons. The number of nitrogen functional groups attached to an aromatic ring is 1. The maximum Gasteiger partial charge on any atom is 0.258 e. The molecule has 0 amide bonds. The molecule has 2 aromatic heterocycles. The summed E-state index contributed by atoms with van der Waals surface area (Å²) in [5, 5.41) is 1.66. The van der Waals surface area contributed by atoms with Crippen LogP contribution in [0.1, 0.15) is 28.1 Å². The molecule has 6 rings (SSSR count). The molecule has 0 saturated heterocycles. The second-order valence-electron chi connectivity index (χ2n) is 9.66. The minimum absolute atomic E-state index is 0.135. The maximum atomic E-state index is 13.4. The minimum Gasteiger partial charge on any atom is -0.398 e. The number of anilines is 1. The summed E-state index contributed by atoms with van der Waals surface area (Å²) in [5.74, 6) is 0. The fraction of sp³-hybridized carbons (Fsp3) is 0.0909. The van der Waals surface area contributed by atoms with Gasteiger partial charge in [-0.3, -0.25) is 4.79 Å². The van der Waals surface area contributed by atoms with E-state index in [-0.39, 0.29) is 5.56 Å². The summed E-state index contributed by atoms with van der Waals surface area (Å²) in [6.45, 7) is 2.39. The predicted octanol–water partition coefficient (Wildman–Crippen LogP) is 6.63. The first-order chi connectivity index (χ1) is 19.0. The highest BCUT2D eigenvalue weighted by atomic mass is 35.5. The van der Waals surface area contributed by atoms with E-state index in [0.29, 0.717) is 22.6 Å². The monoisotopic (exact) mass is 530 g/mol. The lowest BCUT2D eigenvalue weighted by Crippen LogP contribution is -2.38. The molecule has 4 aromatic carbocycles. The molecule has 0 unspecified atom stereocenters. The van der Waals surface area contributed by atoms with Crippen LogP contribution in [0.2, 0.25) is 5.02 Å². The summed E-state index contributed by atoms with van der Waals surface area (Å²) < 4.78 is 3.90. The second kappa shape index (κ2) is 9.93. The summed E-state index contributed by atoms with van der Waals surface area (Å²) in [5.41, 5.74) is 10.7. The third kappa shape index (κ3) is 4.12. The summed E-state index contributed by atoms with van der Waals surface area (Å²) in [6.07, 6.45) is 3.68. The van der Waals surface area contributed by atoms with E-state index >= 15 is 0 Å². The summed E-state index contributed by atoms with van der Waals surface area (Å²) in [4.78, 5) is 18.3. The van der Waals surface area contributed by atoms with Crippen LogP contribution in [-0.4, -0.2) is 14.1 Å². The molecule has 0 atom stereocenters. The first-order valence-corrected chi connectivity index (χ1v) is 13.2. The molecule has 5 nitrogen and oxygen atoms in total. The Kier molecular flexibility index (Phi) is 6.29. The highest BCUT2D eigenvalue weighted by Crippen LogP contribution is 2.41. The lowest BCUT2D eigenvalue weighted by Gasteiger charge is -2.38. The van der Waals surface area contributed by atoms with Crippen molar-refractivity contribution in [2.75, 3.05) is 5.73 Å². The van der Waals surface area contributed by atoms with Gasteiger partial charge in [-0.2, -0.15) is 0 Å². The largest absolute Gasteiger partial charge is 0.398 e. The standard InChI is InChI=1S/C33H27ClN4O/c1-23-31(21-37-18-17-24-19-30(35)29(34)20-28(24)32(37)39)36-22-38(23)33(25-11-5-2-6-12-25,26-13-7-3-8-14-26)27-15-9-4-10-16-27/h2-20,22H,21,35H2,1H3. The number of hydrogen-bond donors (Lipinski definition) is 1. The van der Waals surface area contributed by atoms with Crippen LogP contribution in [0.25, 0.3) is 10.8 Å². The van der Waals surface area contributed by atoms with Gasteiger partial charge in [0.05, 0.1) is 29.3 Å². The Balaban J connectivity index is 1.55. The summed E-state index contributed by atoms with van der Waals surface area (Å²) in [6, 6.07) is 36.7. The van der Waals surface area contributed by atoms with Crippen molar-refractivity contribution in [3.8, 4) is 0 Å². The van der Waals surface area contributed by atoms with Crippen LogP contribution in [0.5, 0.6) is 0 Å². The van der Waals surface area contributed by atoms with E-state index in [4.69, 9.17) is 22.3 Å². The van der Waals surface area contributed by atoms with Crippen LogP contribution >= 0.6 is 11.6 Å². The summed E-state index contributed by atoms with van der Waals surface area (Å²) in [7, 11) is 0. The Hall–Kier alpha value is -4.61. The van der Waals surface area contributed by atoms with Gasteiger partial charge in [0.2, 0.25) is 0 Å². The third-order valence-electron chi connectivity index (χ3n) is 7.46. The van der Waals surface area contributed by atoms with Crippen LogP contribution in [0.4, 0.5) is 5.69 Å². The molecule has 0 spiro atoms. The number of benzene rings is 4.